The Hall–Kier alpha value is -3.59. The zero-order valence-corrected chi connectivity index (χ0v) is 16.2. The van der Waals surface area contributed by atoms with Gasteiger partial charge in [0.2, 0.25) is 0 Å². The molecule has 0 bridgehead atoms. The van der Waals surface area contributed by atoms with E-state index >= 15 is 0 Å². The number of aromatic nitrogens is 2. The summed E-state index contributed by atoms with van der Waals surface area (Å²) in [5.41, 5.74) is 2.50. The van der Waals surface area contributed by atoms with Crippen LogP contribution in [0.1, 0.15) is 21.7 Å². The van der Waals surface area contributed by atoms with Crippen molar-refractivity contribution in [3.63, 3.8) is 0 Å². The molecule has 0 saturated heterocycles. The van der Waals surface area contributed by atoms with Crippen LogP contribution in [0.15, 0.2) is 36.4 Å². The molecule has 0 unspecified atom stereocenters. The predicted molar refractivity (Wildman–Crippen MR) is 106 cm³/mol. The number of carbonyl (C=O) groups is 2. The highest BCUT2D eigenvalue weighted by Crippen LogP contribution is 2.27. The number of amides is 1. The summed E-state index contributed by atoms with van der Waals surface area (Å²) in [6.07, 6.45) is 0. The number of halogens is 1. The fourth-order valence-corrected chi connectivity index (χ4v) is 2.69. The van der Waals surface area contributed by atoms with Crippen LogP contribution in [0, 0.1) is 24.0 Å². The number of nitro benzene ring substituents is 1. The van der Waals surface area contributed by atoms with Gasteiger partial charge in [0, 0.05) is 11.1 Å². The number of hydrogen-bond acceptors (Lipinski definition) is 7. The van der Waals surface area contributed by atoms with E-state index in [9.17, 15) is 19.7 Å². The summed E-state index contributed by atoms with van der Waals surface area (Å²) in [5, 5.41) is 13.5. The molecule has 9 nitrogen and oxygen atoms in total. The van der Waals surface area contributed by atoms with Crippen LogP contribution in [0.5, 0.6) is 0 Å². The first-order valence-corrected chi connectivity index (χ1v) is 8.78. The highest BCUT2D eigenvalue weighted by atomic mass is 35.5. The molecule has 0 radical (unpaired) electrons. The molecule has 3 aromatic rings. The molecule has 2 aromatic carbocycles. The normalized spacial score (nSPS) is 10.6. The molecule has 0 saturated carbocycles. The molecular weight excluding hydrogens is 400 g/mol. The molecule has 10 heteroatoms. The fourth-order valence-electron chi connectivity index (χ4n) is 2.52. The molecule has 0 aliphatic rings. The minimum absolute atomic E-state index is 0.0488. The smallest absolute Gasteiger partial charge is 0.338 e. The monoisotopic (exact) mass is 414 g/mol. The number of esters is 1. The van der Waals surface area contributed by atoms with Gasteiger partial charge in [0.15, 0.2) is 6.61 Å². The lowest BCUT2D eigenvalue weighted by atomic mass is 10.2. The third-order valence-electron chi connectivity index (χ3n) is 4.08. The Labute approximate surface area is 169 Å². The lowest BCUT2D eigenvalue weighted by Gasteiger charge is -2.08. The van der Waals surface area contributed by atoms with Crippen molar-refractivity contribution in [2.75, 3.05) is 11.9 Å². The van der Waals surface area contributed by atoms with Crippen molar-refractivity contribution in [2.45, 2.75) is 13.8 Å². The van der Waals surface area contributed by atoms with Crippen LogP contribution in [0.3, 0.4) is 0 Å². The Morgan fingerprint density at radius 2 is 1.79 bits per heavy atom. The lowest BCUT2D eigenvalue weighted by molar-refractivity contribution is -0.383. The number of nitro groups is 1. The maximum atomic E-state index is 12.2. The lowest BCUT2D eigenvalue weighted by Crippen LogP contribution is -2.21. The van der Waals surface area contributed by atoms with Crippen molar-refractivity contribution in [1.82, 2.24) is 9.97 Å². The largest absolute Gasteiger partial charge is 0.452 e. The van der Waals surface area contributed by atoms with Crippen molar-refractivity contribution in [3.05, 3.63) is 68.5 Å². The molecule has 29 heavy (non-hydrogen) atoms. The summed E-state index contributed by atoms with van der Waals surface area (Å²) < 4.78 is 4.99. The highest BCUT2D eigenvalue weighted by molar-refractivity contribution is 6.31. The fraction of sp³-hybridized carbons (Fsp3) is 0.158. The van der Waals surface area contributed by atoms with Crippen LogP contribution < -0.4 is 5.32 Å². The van der Waals surface area contributed by atoms with Crippen molar-refractivity contribution >= 4 is 45.9 Å². The van der Waals surface area contributed by atoms with Crippen molar-refractivity contribution in [1.29, 1.82) is 0 Å². The average Bonchev–Trinajstić information content (AvgIpc) is 2.68. The Balaban J connectivity index is 1.68. The topological polar surface area (TPSA) is 124 Å². The van der Waals surface area contributed by atoms with Crippen LogP contribution in [0.2, 0.25) is 5.02 Å². The van der Waals surface area contributed by atoms with E-state index in [1.54, 1.807) is 6.07 Å². The molecule has 0 atom stereocenters. The van der Waals surface area contributed by atoms with Gasteiger partial charge in [-0.15, -0.1) is 0 Å². The van der Waals surface area contributed by atoms with Crippen LogP contribution in [0.4, 0.5) is 11.4 Å². The van der Waals surface area contributed by atoms with E-state index in [2.05, 4.69) is 15.3 Å². The number of rotatable bonds is 5. The zero-order chi connectivity index (χ0) is 21.1. The van der Waals surface area contributed by atoms with Crippen LogP contribution in [-0.2, 0) is 9.53 Å². The molecule has 3 rings (SSSR count). The number of nitrogens with one attached hydrogen (secondary N) is 1. The van der Waals surface area contributed by atoms with Crippen LogP contribution in [-0.4, -0.2) is 33.4 Å². The van der Waals surface area contributed by atoms with Crippen molar-refractivity contribution in [3.8, 4) is 0 Å². The van der Waals surface area contributed by atoms with E-state index in [0.717, 1.165) is 17.5 Å². The molecule has 0 aliphatic heterocycles. The SMILES string of the molecule is Cc1nc2ccc(C(=O)OCC(=O)Nc3ccc(Cl)cc3[N+](=O)[O-])cc2nc1C. The van der Waals surface area contributed by atoms with Gasteiger partial charge in [-0.25, -0.2) is 14.8 Å². The molecule has 148 valence electrons. The average molecular weight is 415 g/mol. The van der Waals surface area contributed by atoms with Crippen molar-refractivity contribution < 1.29 is 19.2 Å². The second-order valence-corrected chi connectivity index (χ2v) is 6.58. The van der Waals surface area contributed by atoms with E-state index in [1.807, 2.05) is 13.8 Å². The number of fused-ring (bicyclic) bond motifs is 1. The van der Waals surface area contributed by atoms with Gasteiger partial charge in [0.25, 0.3) is 11.6 Å². The molecule has 1 amide bonds. The number of aryl methyl sites for hydroxylation is 2. The summed E-state index contributed by atoms with van der Waals surface area (Å²) in [4.78, 5) is 43.4. The van der Waals surface area contributed by atoms with Crippen LogP contribution in [0.25, 0.3) is 11.0 Å². The summed E-state index contributed by atoms with van der Waals surface area (Å²) in [5.74, 6) is -1.46. The molecule has 1 aromatic heterocycles. The second kappa shape index (κ2) is 8.19. The Kier molecular flexibility index (Phi) is 5.69. The van der Waals surface area contributed by atoms with E-state index in [4.69, 9.17) is 16.3 Å². The Bertz CT molecular complexity index is 1150. The van der Waals surface area contributed by atoms with Gasteiger partial charge in [-0.1, -0.05) is 11.6 Å². The first kappa shape index (κ1) is 20.2. The van der Waals surface area contributed by atoms with E-state index in [0.29, 0.717) is 11.0 Å². The van der Waals surface area contributed by atoms with Crippen LogP contribution >= 0.6 is 11.6 Å². The number of ether oxygens (including phenoxy) is 1. The summed E-state index contributed by atoms with van der Waals surface area (Å²) in [6.45, 7) is 3.04. The minimum atomic E-state index is -0.729. The van der Waals surface area contributed by atoms with E-state index in [-0.39, 0.29) is 22.0 Å². The number of hydrogen-bond donors (Lipinski definition) is 1. The first-order chi connectivity index (χ1) is 13.7. The van der Waals surface area contributed by atoms with Gasteiger partial charge >= 0.3 is 5.97 Å². The van der Waals surface area contributed by atoms with Gasteiger partial charge < -0.3 is 10.1 Å². The molecular formula is C19H15ClN4O5. The Morgan fingerprint density at radius 3 is 2.48 bits per heavy atom. The van der Waals surface area contributed by atoms with E-state index in [1.165, 1.54) is 24.3 Å². The van der Waals surface area contributed by atoms with Crippen molar-refractivity contribution in [2.24, 2.45) is 0 Å². The number of carbonyl (C=O) groups excluding carboxylic acids is 2. The van der Waals surface area contributed by atoms with Gasteiger partial charge in [-0.3, -0.25) is 14.9 Å². The summed E-state index contributed by atoms with van der Waals surface area (Å²) in [7, 11) is 0. The van der Waals surface area contributed by atoms with Gasteiger partial charge in [0.1, 0.15) is 5.69 Å². The maximum absolute atomic E-state index is 12.2. The molecule has 0 aliphatic carbocycles. The molecule has 0 spiro atoms. The number of nitrogens with zero attached hydrogens (tertiary/aromatic N) is 3. The highest BCUT2D eigenvalue weighted by Gasteiger charge is 2.18. The zero-order valence-electron chi connectivity index (χ0n) is 15.4. The predicted octanol–water partition coefficient (Wildman–Crippen LogP) is 3.60. The van der Waals surface area contributed by atoms with Gasteiger partial charge in [-0.05, 0) is 44.2 Å². The second-order valence-electron chi connectivity index (χ2n) is 6.14. The number of anilines is 1. The third kappa shape index (κ3) is 4.64. The number of benzene rings is 2. The van der Waals surface area contributed by atoms with Gasteiger partial charge in [0.05, 0.1) is 32.9 Å². The first-order valence-electron chi connectivity index (χ1n) is 8.40. The molecule has 0 fully saturated rings. The molecule has 1 heterocycles. The molecule has 1 N–H and O–H groups in total. The minimum Gasteiger partial charge on any atom is -0.452 e. The Morgan fingerprint density at radius 1 is 1.10 bits per heavy atom. The van der Waals surface area contributed by atoms with E-state index < -0.39 is 23.4 Å². The third-order valence-corrected chi connectivity index (χ3v) is 4.31. The van der Waals surface area contributed by atoms with Gasteiger partial charge in [-0.2, -0.15) is 0 Å². The maximum Gasteiger partial charge on any atom is 0.338 e. The standard InChI is InChI=1S/C19H15ClN4O5/c1-10-11(2)22-16-7-12(3-5-14(16)21-10)19(26)29-9-18(25)23-15-6-4-13(20)8-17(15)24(27)28/h3-8H,9H2,1-2H3,(H,23,25). The quantitative estimate of drug-likeness (QED) is 0.384. The summed E-state index contributed by atoms with van der Waals surface area (Å²) >= 11 is 5.73. The summed E-state index contributed by atoms with van der Waals surface area (Å²) in [6, 6.07) is 8.50.